The van der Waals surface area contributed by atoms with E-state index in [1.807, 2.05) is 55.4 Å². The minimum absolute atomic E-state index is 0.322. The van der Waals surface area contributed by atoms with Crippen LogP contribution in [-0.4, -0.2) is 31.7 Å². The number of carbonyl (C=O) groups excluding carboxylic acids is 1. The molecule has 0 saturated heterocycles. The van der Waals surface area contributed by atoms with E-state index in [1.54, 1.807) is 13.1 Å². The zero-order valence-corrected chi connectivity index (χ0v) is 16.2. The Morgan fingerprint density at radius 2 is 1.85 bits per heavy atom. The Hall–Kier alpha value is -3.08. The SMILES string of the molecule is CCOC(=O)c1cnc2c(CC)cccc2c1Nc1ccc(N(C)C)cc1. The molecule has 1 N–H and O–H groups in total. The van der Waals surface area contributed by atoms with Crippen LogP contribution in [0.4, 0.5) is 17.1 Å². The number of hydrogen-bond donors (Lipinski definition) is 1. The van der Waals surface area contributed by atoms with Gasteiger partial charge < -0.3 is 15.0 Å². The summed E-state index contributed by atoms with van der Waals surface area (Å²) in [6.45, 7) is 4.22. The minimum Gasteiger partial charge on any atom is -0.462 e. The number of anilines is 3. The molecule has 0 aliphatic heterocycles. The Labute approximate surface area is 160 Å². The number of benzene rings is 2. The Morgan fingerprint density at radius 1 is 1.11 bits per heavy atom. The van der Waals surface area contributed by atoms with Gasteiger partial charge in [0.1, 0.15) is 5.56 Å². The molecular formula is C22H25N3O2. The molecule has 5 nitrogen and oxygen atoms in total. The number of fused-ring (bicyclic) bond motifs is 1. The van der Waals surface area contributed by atoms with E-state index in [2.05, 4.69) is 23.3 Å². The Kier molecular flexibility index (Phi) is 5.60. The zero-order valence-electron chi connectivity index (χ0n) is 16.2. The van der Waals surface area contributed by atoms with Crippen LogP contribution in [0.15, 0.2) is 48.7 Å². The molecule has 27 heavy (non-hydrogen) atoms. The number of nitrogens with zero attached hydrogens (tertiary/aromatic N) is 2. The van der Waals surface area contributed by atoms with Gasteiger partial charge in [-0.25, -0.2) is 4.79 Å². The third-order valence-corrected chi connectivity index (χ3v) is 4.51. The van der Waals surface area contributed by atoms with Gasteiger partial charge in [-0.3, -0.25) is 4.98 Å². The Bertz CT molecular complexity index is 950. The lowest BCUT2D eigenvalue weighted by Crippen LogP contribution is -2.10. The summed E-state index contributed by atoms with van der Waals surface area (Å²) in [4.78, 5) is 19.1. The van der Waals surface area contributed by atoms with Crippen LogP contribution < -0.4 is 10.2 Å². The number of rotatable bonds is 6. The van der Waals surface area contributed by atoms with Crippen molar-refractivity contribution < 1.29 is 9.53 Å². The summed E-state index contributed by atoms with van der Waals surface area (Å²) in [5.41, 5.74) is 5.23. The highest BCUT2D eigenvalue weighted by Crippen LogP contribution is 2.32. The van der Waals surface area contributed by atoms with E-state index in [9.17, 15) is 4.79 Å². The number of esters is 1. The van der Waals surface area contributed by atoms with Gasteiger partial charge in [0.05, 0.1) is 17.8 Å². The van der Waals surface area contributed by atoms with Crippen LogP contribution in [0.3, 0.4) is 0 Å². The highest BCUT2D eigenvalue weighted by atomic mass is 16.5. The molecule has 1 heterocycles. The van der Waals surface area contributed by atoms with Gasteiger partial charge >= 0.3 is 5.97 Å². The summed E-state index contributed by atoms with van der Waals surface area (Å²) in [6, 6.07) is 14.1. The molecule has 0 spiro atoms. The Balaban J connectivity index is 2.11. The predicted molar refractivity (Wildman–Crippen MR) is 111 cm³/mol. The second-order valence-corrected chi connectivity index (χ2v) is 6.50. The molecule has 0 bridgehead atoms. The molecule has 3 aromatic rings. The van der Waals surface area contributed by atoms with Crippen LogP contribution >= 0.6 is 0 Å². The molecule has 0 aliphatic carbocycles. The van der Waals surface area contributed by atoms with Gasteiger partial charge in [-0.1, -0.05) is 25.1 Å². The number of ether oxygens (including phenoxy) is 1. The first kappa shape index (κ1) is 18.7. The molecular weight excluding hydrogens is 338 g/mol. The van der Waals surface area contributed by atoms with Gasteiger partial charge in [-0.2, -0.15) is 0 Å². The van der Waals surface area contributed by atoms with E-state index < -0.39 is 0 Å². The fourth-order valence-electron chi connectivity index (χ4n) is 3.06. The van der Waals surface area contributed by atoms with Gasteiger partial charge in [0, 0.05) is 37.1 Å². The minimum atomic E-state index is -0.374. The highest BCUT2D eigenvalue weighted by molar-refractivity contribution is 6.06. The second-order valence-electron chi connectivity index (χ2n) is 6.50. The maximum atomic E-state index is 12.5. The van der Waals surface area contributed by atoms with E-state index in [0.717, 1.165) is 39.9 Å². The van der Waals surface area contributed by atoms with E-state index in [-0.39, 0.29) is 5.97 Å². The van der Waals surface area contributed by atoms with Gasteiger partial charge in [0.15, 0.2) is 0 Å². The van der Waals surface area contributed by atoms with Gasteiger partial charge in [-0.15, -0.1) is 0 Å². The third-order valence-electron chi connectivity index (χ3n) is 4.51. The number of pyridine rings is 1. The van der Waals surface area contributed by atoms with Crippen molar-refractivity contribution in [2.45, 2.75) is 20.3 Å². The monoisotopic (exact) mass is 363 g/mol. The quantitative estimate of drug-likeness (QED) is 0.639. The standard InChI is InChI=1S/C22H25N3O2/c1-5-15-8-7-9-18-20(15)23-14-19(22(26)27-6-2)21(18)24-16-10-12-17(13-11-16)25(3)4/h7-14H,5-6H2,1-4H3,(H,23,24). The smallest absolute Gasteiger partial charge is 0.341 e. The molecule has 5 heteroatoms. The topological polar surface area (TPSA) is 54.5 Å². The molecule has 0 aliphatic rings. The maximum Gasteiger partial charge on any atom is 0.341 e. The molecule has 3 rings (SSSR count). The van der Waals surface area contributed by atoms with E-state index in [0.29, 0.717) is 12.2 Å². The number of carbonyl (C=O) groups is 1. The van der Waals surface area contributed by atoms with Gasteiger partial charge in [0.25, 0.3) is 0 Å². The normalized spacial score (nSPS) is 10.7. The summed E-state index contributed by atoms with van der Waals surface area (Å²) >= 11 is 0. The molecule has 0 amide bonds. The molecule has 140 valence electrons. The summed E-state index contributed by atoms with van der Waals surface area (Å²) < 4.78 is 5.24. The fourth-order valence-corrected chi connectivity index (χ4v) is 3.06. The van der Waals surface area contributed by atoms with Crippen LogP contribution in [0.25, 0.3) is 10.9 Å². The summed E-state index contributed by atoms with van der Waals surface area (Å²) in [7, 11) is 4.01. The first-order valence-electron chi connectivity index (χ1n) is 9.17. The molecule has 0 fully saturated rings. The molecule has 0 saturated carbocycles. The molecule has 0 atom stereocenters. The van der Waals surface area contributed by atoms with Crippen LogP contribution in [0.5, 0.6) is 0 Å². The number of nitrogens with one attached hydrogen (secondary N) is 1. The van der Waals surface area contributed by atoms with E-state index in [1.165, 1.54) is 0 Å². The second kappa shape index (κ2) is 8.08. The molecule has 0 radical (unpaired) electrons. The van der Waals surface area contributed by atoms with Crippen molar-refractivity contribution in [2.75, 3.05) is 30.9 Å². The van der Waals surface area contributed by atoms with Crippen molar-refractivity contribution in [2.24, 2.45) is 0 Å². The number of aryl methyl sites for hydroxylation is 1. The summed E-state index contributed by atoms with van der Waals surface area (Å²) in [5.74, 6) is -0.374. The Morgan fingerprint density at radius 3 is 2.48 bits per heavy atom. The van der Waals surface area contributed by atoms with Crippen molar-refractivity contribution >= 4 is 33.9 Å². The van der Waals surface area contributed by atoms with Crippen molar-refractivity contribution in [1.29, 1.82) is 0 Å². The van der Waals surface area contributed by atoms with Crippen LogP contribution in [-0.2, 0) is 11.2 Å². The molecule has 0 unspecified atom stereocenters. The first-order valence-corrected chi connectivity index (χ1v) is 9.17. The van der Waals surface area contributed by atoms with Crippen molar-refractivity contribution in [1.82, 2.24) is 4.98 Å². The molecule has 2 aromatic carbocycles. The van der Waals surface area contributed by atoms with E-state index in [4.69, 9.17) is 4.74 Å². The van der Waals surface area contributed by atoms with Crippen LogP contribution in [0.1, 0.15) is 29.8 Å². The molecule has 1 aromatic heterocycles. The number of para-hydroxylation sites is 1. The average Bonchev–Trinajstić information content (AvgIpc) is 2.68. The number of aromatic nitrogens is 1. The first-order chi connectivity index (χ1) is 13.0. The fraction of sp³-hybridized carbons (Fsp3) is 0.273. The van der Waals surface area contributed by atoms with Gasteiger partial charge in [0.2, 0.25) is 0 Å². The summed E-state index contributed by atoms with van der Waals surface area (Å²) in [6.07, 6.45) is 2.48. The lowest BCUT2D eigenvalue weighted by Gasteiger charge is -2.17. The highest BCUT2D eigenvalue weighted by Gasteiger charge is 2.18. The maximum absolute atomic E-state index is 12.5. The predicted octanol–water partition coefficient (Wildman–Crippen LogP) is 4.78. The van der Waals surface area contributed by atoms with Crippen molar-refractivity contribution in [3.8, 4) is 0 Å². The van der Waals surface area contributed by atoms with Crippen LogP contribution in [0.2, 0.25) is 0 Å². The summed E-state index contributed by atoms with van der Waals surface area (Å²) in [5, 5.41) is 4.33. The van der Waals surface area contributed by atoms with Gasteiger partial charge in [-0.05, 0) is 43.2 Å². The number of hydrogen-bond acceptors (Lipinski definition) is 5. The van der Waals surface area contributed by atoms with Crippen molar-refractivity contribution in [3.05, 3.63) is 59.8 Å². The average molecular weight is 363 g/mol. The zero-order chi connectivity index (χ0) is 19.4. The van der Waals surface area contributed by atoms with Crippen molar-refractivity contribution in [3.63, 3.8) is 0 Å². The largest absolute Gasteiger partial charge is 0.462 e. The lowest BCUT2D eigenvalue weighted by molar-refractivity contribution is 0.0527. The van der Waals surface area contributed by atoms with Crippen LogP contribution in [0, 0.1) is 0 Å². The lowest BCUT2D eigenvalue weighted by atomic mass is 10.0. The third kappa shape index (κ3) is 3.87. The van der Waals surface area contributed by atoms with E-state index >= 15 is 0 Å².